The average molecular weight is 256 g/mol. The minimum absolute atomic E-state index is 0.0477. The van der Waals surface area contributed by atoms with Crippen LogP contribution >= 0.6 is 0 Å². The second-order valence-electron chi connectivity index (χ2n) is 6.03. The minimum Gasteiger partial charge on any atom is -0.447 e. The first-order valence-corrected chi connectivity index (χ1v) is 7.04. The van der Waals surface area contributed by atoms with Gasteiger partial charge in [0.15, 0.2) is 0 Å². The predicted molar refractivity (Wildman–Crippen MR) is 73.7 cm³/mol. The van der Waals surface area contributed by atoms with Crippen LogP contribution in [0.1, 0.15) is 41.5 Å². The van der Waals surface area contributed by atoms with Crippen molar-refractivity contribution in [3.63, 3.8) is 0 Å². The quantitative estimate of drug-likeness (QED) is 0.778. The summed E-state index contributed by atoms with van der Waals surface area (Å²) in [5.74, 6) is 0.450. The van der Waals surface area contributed by atoms with E-state index >= 15 is 0 Å². The van der Waals surface area contributed by atoms with Crippen molar-refractivity contribution in [2.45, 2.75) is 59.7 Å². The molecule has 106 valence electrons. The van der Waals surface area contributed by atoms with Crippen LogP contribution in [-0.4, -0.2) is 53.7 Å². The van der Waals surface area contributed by atoms with E-state index < -0.39 is 0 Å². The molecule has 1 rings (SSSR count). The highest BCUT2D eigenvalue weighted by Crippen LogP contribution is 2.20. The summed E-state index contributed by atoms with van der Waals surface area (Å²) in [6, 6.07) is 0.793. The molecule has 1 aliphatic rings. The third-order valence-corrected chi connectivity index (χ3v) is 3.52. The van der Waals surface area contributed by atoms with E-state index in [0.29, 0.717) is 12.0 Å². The van der Waals surface area contributed by atoms with Crippen LogP contribution in [0.3, 0.4) is 0 Å². The molecular weight excluding hydrogens is 228 g/mol. The zero-order chi connectivity index (χ0) is 13.9. The molecule has 1 heterocycles. The highest BCUT2D eigenvalue weighted by Gasteiger charge is 2.34. The zero-order valence-electron chi connectivity index (χ0n) is 12.6. The molecule has 18 heavy (non-hydrogen) atoms. The third kappa shape index (κ3) is 3.87. The Kier molecular flexibility index (Phi) is 5.45. The highest BCUT2D eigenvalue weighted by molar-refractivity contribution is 5.68. The van der Waals surface area contributed by atoms with Crippen LogP contribution in [0.15, 0.2) is 0 Å². The van der Waals surface area contributed by atoms with Crippen molar-refractivity contribution in [3.05, 3.63) is 0 Å². The number of hydrogen-bond acceptors (Lipinski definition) is 3. The van der Waals surface area contributed by atoms with Gasteiger partial charge < -0.3 is 9.64 Å². The summed E-state index contributed by atoms with van der Waals surface area (Å²) in [5.41, 5.74) is 0. The van der Waals surface area contributed by atoms with Gasteiger partial charge in [0.2, 0.25) is 0 Å². The van der Waals surface area contributed by atoms with Crippen LogP contribution in [0.2, 0.25) is 0 Å². The predicted octanol–water partition coefficient (Wildman–Crippen LogP) is 2.58. The lowest BCUT2D eigenvalue weighted by Crippen LogP contribution is -2.58. The zero-order valence-corrected chi connectivity index (χ0v) is 12.6. The summed E-state index contributed by atoms with van der Waals surface area (Å²) < 4.78 is 5.33. The van der Waals surface area contributed by atoms with Crippen LogP contribution in [0.25, 0.3) is 0 Å². The van der Waals surface area contributed by atoms with E-state index in [1.165, 1.54) is 0 Å². The lowest BCUT2D eigenvalue weighted by atomic mass is 9.99. The molecule has 0 aromatic carbocycles. The molecule has 1 fully saturated rings. The fourth-order valence-corrected chi connectivity index (χ4v) is 2.37. The smallest absolute Gasteiger partial charge is 0.410 e. The second kappa shape index (κ2) is 6.41. The van der Waals surface area contributed by atoms with E-state index in [9.17, 15) is 4.79 Å². The van der Waals surface area contributed by atoms with E-state index in [0.717, 1.165) is 19.6 Å². The number of hydrogen-bond donors (Lipinski definition) is 0. The number of carbonyl (C=O) groups excluding carboxylic acids is 1. The first kappa shape index (κ1) is 15.3. The van der Waals surface area contributed by atoms with Gasteiger partial charge in [-0.25, -0.2) is 4.79 Å². The van der Waals surface area contributed by atoms with Gasteiger partial charge in [-0.3, -0.25) is 4.90 Å². The van der Waals surface area contributed by atoms with Crippen molar-refractivity contribution in [2.75, 3.05) is 19.6 Å². The van der Waals surface area contributed by atoms with Crippen molar-refractivity contribution in [3.8, 4) is 0 Å². The van der Waals surface area contributed by atoms with Crippen molar-refractivity contribution in [1.82, 2.24) is 9.80 Å². The molecule has 1 amide bonds. The molecule has 0 spiro atoms. The third-order valence-electron chi connectivity index (χ3n) is 3.52. The van der Waals surface area contributed by atoms with Crippen molar-refractivity contribution in [1.29, 1.82) is 0 Å². The van der Waals surface area contributed by atoms with E-state index in [4.69, 9.17) is 4.74 Å². The molecule has 1 atom stereocenters. The van der Waals surface area contributed by atoms with E-state index in [1.54, 1.807) is 0 Å². The number of carbonyl (C=O) groups is 1. The second-order valence-corrected chi connectivity index (χ2v) is 6.03. The fraction of sp³-hybridized carbons (Fsp3) is 0.929. The first-order valence-electron chi connectivity index (χ1n) is 7.04. The Bertz CT molecular complexity index is 277. The summed E-state index contributed by atoms with van der Waals surface area (Å²) in [6.07, 6.45) is -0.208. The number of piperazine rings is 1. The Morgan fingerprint density at radius 2 is 1.72 bits per heavy atom. The molecule has 0 aromatic rings. The molecular formula is C14H28N2O2. The number of rotatable bonds is 3. The van der Waals surface area contributed by atoms with Crippen LogP contribution in [0.4, 0.5) is 4.79 Å². The normalized spacial score (nSPS) is 22.1. The van der Waals surface area contributed by atoms with Gasteiger partial charge in [0.1, 0.15) is 0 Å². The Labute approximate surface area is 111 Å². The van der Waals surface area contributed by atoms with Crippen LogP contribution < -0.4 is 0 Å². The van der Waals surface area contributed by atoms with Gasteiger partial charge in [0, 0.05) is 25.7 Å². The summed E-state index contributed by atoms with van der Waals surface area (Å²) in [4.78, 5) is 16.4. The molecule has 1 aliphatic heterocycles. The van der Waals surface area contributed by atoms with Crippen LogP contribution in [-0.2, 0) is 4.74 Å². The van der Waals surface area contributed by atoms with E-state index in [2.05, 4.69) is 32.6 Å². The topological polar surface area (TPSA) is 32.8 Å². The van der Waals surface area contributed by atoms with Crippen molar-refractivity contribution < 1.29 is 9.53 Å². The SMILES string of the molecule is CC(C)OC(=O)N1CCN(C(C)C)CC1C(C)C. The standard InChI is InChI=1S/C14H28N2O2/c1-10(2)13-9-15(11(3)4)7-8-16(13)14(17)18-12(5)6/h10-13H,7-9H2,1-6H3. The average Bonchev–Trinajstić information content (AvgIpc) is 2.26. The van der Waals surface area contributed by atoms with E-state index in [1.807, 2.05) is 18.7 Å². The molecule has 0 saturated carbocycles. The monoisotopic (exact) mass is 256 g/mol. The minimum atomic E-state index is -0.160. The van der Waals surface area contributed by atoms with Crippen LogP contribution in [0, 0.1) is 5.92 Å². The number of ether oxygens (including phenoxy) is 1. The van der Waals surface area contributed by atoms with Gasteiger partial charge >= 0.3 is 6.09 Å². The van der Waals surface area contributed by atoms with Gasteiger partial charge in [-0.2, -0.15) is 0 Å². The highest BCUT2D eigenvalue weighted by atomic mass is 16.6. The molecule has 0 N–H and O–H groups in total. The summed E-state index contributed by atoms with van der Waals surface area (Å²) in [7, 11) is 0. The molecule has 1 unspecified atom stereocenters. The molecule has 4 nitrogen and oxygen atoms in total. The van der Waals surface area contributed by atoms with E-state index in [-0.39, 0.29) is 18.2 Å². The van der Waals surface area contributed by atoms with Crippen molar-refractivity contribution in [2.24, 2.45) is 5.92 Å². The van der Waals surface area contributed by atoms with Gasteiger partial charge in [-0.1, -0.05) is 13.8 Å². The van der Waals surface area contributed by atoms with Gasteiger partial charge in [0.25, 0.3) is 0 Å². The summed E-state index contributed by atoms with van der Waals surface area (Å²) in [5, 5.41) is 0. The lowest BCUT2D eigenvalue weighted by Gasteiger charge is -2.44. The Morgan fingerprint density at radius 3 is 2.17 bits per heavy atom. The summed E-state index contributed by atoms with van der Waals surface area (Å²) >= 11 is 0. The molecule has 0 aromatic heterocycles. The van der Waals surface area contributed by atoms with Gasteiger partial charge in [-0.15, -0.1) is 0 Å². The van der Waals surface area contributed by atoms with Crippen molar-refractivity contribution >= 4 is 6.09 Å². The summed E-state index contributed by atoms with van der Waals surface area (Å²) in [6.45, 7) is 15.2. The largest absolute Gasteiger partial charge is 0.447 e. The number of nitrogens with zero attached hydrogens (tertiary/aromatic N) is 2. The molecule has 0 radical (unpaired) electrons. The Hall–Kier alpha value is -0.770. The molecule has 0 aliphatic carbocycles. The molecule has 0 bridgehead atoms. The Morgan fingerprint density at radius 1 is 1.11 bits per heavy atom. The molecule has 1 saturated heterocycles. The maximum Gasteiger partial charge on any atom is 0.410 e. The Balaban J connectivity index is 2.70. The molecule has 4 heteroatoms. The van der Waals surface area contributed by atoms with Crippen LogP contribution in [0.5, 0.6) is 0 Å². The van der Waals surface area contributed by atoms with Gasteiger partial charge in [0.05, 0.1) is 12.1 Å². The lowest BCUT2D eigenvalue weighted by molar-refractivity contribution is 0.0121. The maximum atomic E-state index is 12.1. The fourth-order valence-electron chi connectivity index (χ4n) is 2.37. The van der Waals surface area contributed by atoms with Gasteiger partial charge in [-0.05, 0) is 33.6 Å². The first-order chi connectivity index (χ1) is 8.32. The maximum absolute atomic E-state index is 12.1. The number of amides is 1.